The van der Waals surface area contributed by atoms with E-state index in [0.717, 1.165) is 122 Å². The average Bonchev–Trinajstić information content (AvgIpc) is 3.36. The van der Waals surface area contributed by atoms with Crippen LogP contribution in [0.1, 0.15) is 150 Å². The van der Waals surface area contributed by atoms with Crippen LogP contribution in [0.25, 0.3) is 0 Å². The van der Waals surface area contributed by atoms with E-state index in [1.807, 2.05) is 0 Å². The van der Waals surface area contributed by atoms with Gasteiger partial charge in [0.1, 0.15) is 0 Å². The summed E-state index contributed by atoms with van der Waals surface area (Å²) in [7, 11) is 0. The van der Waals surface area contributed by atoms with Gasteiger partial charge < -0.3 is 19.1 Å². The molecule has 0 aromatic rings. The fraction of sp³-hybridized carbons (Fsp3) is 0.868. The van der Waals surface area contributed by atoms with Crippen molar-refractivity contribution in [3.63, 3.8) is 0 Å². The molecule has 0 unspecified atom stereocenters. The number of hydrogen-bond donors (Lipinski definition) is 2. The molecule has 0 saturated carbocycles. The normalized spacial score (nSPS) is 32.9. The molecule has 2 saturated heterocycles. The molecule has 5 aliphatic heterocycles. The molecule has 0 radical (unpaired) electrons. The van der Waals surface area contributed by atoms with Crippen molar-refractivity contribution in [2.75, 3.05) is 19.7 Å². The Hall–Kier alpha value is -2.13. The Kier molecular flexibility index (Phi) is 13.1. The topological polar surface area (TPSA) is 92.1 Å². The molecule has 7 atom stereocenters. The number of allylic oxidation sites excluding steroid dienone is 1. The number of carbonyl (C=O) groups is 2. The van der Waals surface area contributed by atoms with E-state index in [1.165, 1.54) is 12.8 Å². The van der Waals surface area contributed by atoms with Gasteiger partial charge in [-0.3, -0.25) is 14.2 Å². The Morgan fingerprint density at radius 3 is 2.55 bits per heavy atom. The number of hydrogen-bond acceptors (Lipinski definition) is 7. The molecule has 47 heavy (non-hydrogen) atoms. The van der Waals surface area contributed by atoms with E-state index < -0.39 is 11.4 Å². The minimum atomic E-state index is -0.778. The molecule has 0 aromatic carbocycles. The number of carbonyl (C=O) groups excluding carboxylic acids is 2. The molecule has 1 amide bonds. The number of guanidine groups is 1. The molecule has 2 spiro atoms. The summed E-state index contributed by atoms with van der Waals surface area (Å²) in [6, 6.07) is 0.365. The lowest BCUT2D eigenvalue weighted by Crippen LogP contribution is -2.76. The number of esters is 1. The second-order valence-electron chi connectivity index (χ2n) is 15.0. The van der Waals surface area contributed by atoms with Gasteiger partial charge in [-0.15, -0.1) is 0 Å². The monoisotopic (exact) mass is 657 g/mol. The molecule has 9 heteroatoms. The van der Waals surface area contributed by atoms with Crippen molar-refractivity contribution >= 4 is 17.8 Å². The van der Waals surface area contributed by atoms with Crippen LogP contribution in [0.3, 0.4) is 0 Å². The van der Waals surface area contributed by atoms with Crippen LogP contribution in [0.4, 0.5) is 0 Å². The molecular weight excluding hydrogens is 592 g/mol. The highest BCUT2D eigenvalue weighted by Gasteiger charge is 2.64. The van der Waals surface area contributed by atoms with Gasteiger partial charge in [0.2, 0.25) is 11.6 Å². The summed E-state index contributed by atoms with van der Waals surface area (Å²) in [5.41, 5.74) is -1.19. The quantitative estimate of drug-likeness (QED) is 0.0843. The van der Waals surface area contributed by atoms with Crippen molar-refractivity contribution in [3.8, 4) is 0 Å². The third-order valence-electron chi connectivity index (χ3n) is 11.3. The molecule has 0 aromatic heterocycles. The summed E-state index contributed by atoms with van der Waals surface area (Å²) in [5.74, 6) is 0.766. The first-order valence-corrected chi connectivity index (χ1v) is 19.5. The highest BCUT2D eigenvalue weighted by molar-refractivity contribution is 5.82. The van der Waals surface area contributed by atoms with Crippen molar-refractivity contribution in [2.24, 2.45) is 5.92 Å². The highest BCUT2D eigenvalue weighted by atomic mass is 16.6. The minimum Gasteiger partial charge on any atom is -0.465 e. The Labute approximate surface area is 284 Å². The van der Waals surface area contributed by atoms with Crippen LogP contribution < -0.4 is 10.6 Å². The summed E-state index contributed by atoms with van der Waals surface area (Å²) in [6.45, 7) is 10.9. The summed E-state index contributed by atoms with van der Waals surface area (Å²) in [4.78, 5) is 29.0. The van der Waals surface area contributed by atoms with E-state index in [9.17, 15) is 9.59 Å². The van der Waals surface area contributed by atoms with E-state index in [0.29, 0.717) is 25.0 Å². The van der Waals surface area contributed by atoms with Crippen LogP contribution in [-0.2, 0) is 23.8 Å². The van der Waals surface area contributed by atoms with Crippen LogP contribution in [-0.4, -0.2) is 82.7 Å². The summed E-state index contributed by atoms with van der Waals surface area (Å²) < 4.78 is 22.0. The van der Waals surface area contributed by atoms with Gasteiger partial charge in [-0.2, -0.15) is 0 Å². The SMILES string of the molecule is CCCCCN(CCCC)C(=O)CCCCCCOC(=O)[C@H]1[C@H]2CC[C@H]3C[C@@]4(CCC=C[C@H](CC)O4)NC(=[N+]32)N[C@@]12CCC[C@@H](C)O2. The van der Waals surface area contributed by atoms with Gasteiger partial charge in [-0.1, -0.05) is 65.0 Å². The van der Waals surface area contributed by atoms with Gasteiger partial charge in [0.25, 0.3) is 0 Å². The number of unbranched alkanes of at least 4 members (excludes halogenated alkanes) is 6. The molecule has 0 aliphatic carbocycles. The number of nitrogens with one attached hydrogen (secondary N) is 2. The van der Waals surface area contributed by atoms with E-state index >= 15 is 0 Å². The maximum absolute atomic E-state index is 14.0. The Bertz CT molecular complexity index is 1110. The van der Waals surface area contributed by atoms with E-state index in [4.69, 9.17) is 14.2 Å². The van der Waals surface area contributed by atoms with Gasteiger partial charge in [0.15, 0.2) is 11.6 Å². The molecule has 2 fully saturated rings. The second kappa shape index (κ2) is 17.0. The molecule has 5 rings (SSSR count). The Balaban J connectivity index is 1.16. The Morgan fingerprint density at radius 2 is 1.77 bits per heavy atom. The first-order chi connectivity index (χ1) is 22.8. The first-order valence-electron chi connectivity index (χ1n) is 19.5. The maximum atomic E-state index is 14.0. The standard InChI is InChI=1S/C38H64N4O5/c1-5-8-15-26-41(25-9-6-2)33(43)20-12-10-11-16-27-45-35(44)34-32-22-21-30-28-37(23-14-13-19-31(7-3)47-37)39-36(42(30)32)40-38(34)24-17-18-29(4)46-38/h13,19,29-32,34H,5-12,14-18,20-28H2,1-4H3,(H,39,40)/p+1/t29-,30+,31+,32-,34-,37+,38-/m1/s1. The molecule has 266 valence electrons. The van der Waals surface area contributed by atoms with Gasteiger partial charge in [0.05, 0.1) is 30.9 Å². The number of nitrogens with zero attached hydrogens (tertiary/aromatic N) is 2. The van der Waals surface area contributed by atoms with Gasteiger partial charge in [0, 0.05) is 38.8 Å². The van der Waals surface area contributed by atoms with Crippen molar-refractivity contribution < 1.29 is 28.4 Å². The lowest BCUT2D eigenvalue weighted by atomic mass is 9.80. The predicted molar refractivity (Wildman–Crippen MR) is 185 cm³/mol. The van der Waals surface area contributed by atoms with E-state index in [2.05, 4.69) is 60.0 Å². The largest absolute Gasteiger partial charge is 0.465 e. The van der Waals surface area contributed by atoms with Crippen LogP contribution in [0.5, 0.6) is 0 Å². The molecule has 5 heterocycles. The highest BCUT2D eigenvalue weighted by Crippen LogP contribution is 2.45. The third-order valence-corrected chi connectivity index (χ3v) is 11.3. The lowest BCUT2D eigenvalue weighted by molar-refractivity contribution is -0.609. The zero-order valence-electron chi connectivity index (χ0n) is 30.0. The fourth-order valence-corrected chi connectivity index (χ4v) is 8.81. The van der Waals surface area contributed by atoms with Crippen LogP contribution in [0.15, 0.2) is 12.2 Å². The predicted octanol–water partition coefficient (Wildman–Crippen LogP) is 6.54. The zero-order chi connectivity index (χ0) is 33.3. The van der Waals surface area contributed by atoms with Gasteiger partial charge >= 0.3 is 11.9 Å². The van der Waals surface area contributed by atoms with Crippen molar-refractivity contribution in [1.82, 2.24) is 15.5 Å². The number of rotatable bonds is 16. The zero-order valence-corrected chi connectivity index (χ0v) is 30.0. The third kappa shape index (κ3) is 8.73. The van der Waals surface area contributed by atoms with Crippen molar-refractivity contribution in [3.05, 3.63) is 12.2 Å². The fourth-order valence-electron chi connectivity index (χ4n) is 8.81. The van der Waals surface area contributed by atoms with E-state index in [1.54, 1.807) is 0 Å². The molecule has 2 N–H and O–H groups in total. The van der Waals surface area contributed by atoms with Gasteiger partial charge in [-0.25, -0.2) is 10.6 Å². The molecule has 5 aliphatic rings. The van der Waals surface area contributed by atoms with Crippen LogP contribution in [0, 0.1) is 5.92 Å². The molecule has 9 nitrogen and oxygen atoms in total. The second-order valence-corrected chi connectivity index (χ2v) is 15.0. The summed E-state index contributed by atoms with van der Waals surface area (Å²) in [5, 5.41) is 7.64. The summed E-state index contributed by atoms with van der Waals surface area (Å²) in [6.07, 6.45) is 23.2. The lowest BCUT2D eigenvalue weighted by Gasteiger charge is -2.50. The molecule has 0 bridgehead atoms. The average molecular weight is 658 g/mol. The summed E-state index contributed by atoms with van der Waals surface area (Å²) >= 11 is 0. The maximum Gasteiger partial charge on any atom is 0.350 e. The van der Waals surface area contributed by atoms with E-state index in [-0.39, 0.29) is 30.1 Å². The van der Waals surface area contributed by atoms with Crippen molar-refractivity contribution in [2.45, 2.75) is 185 Å². The van der Waals surface area contributed by atoms with Crippen molar-refractivity contribution in [1.29, 1.82) is 0 Å². The minimum absolute atomic E-state index is 0.0452. The molecular formula is C38H65N4O5+. The van der Waals surface area contributed by atoms with Crippen LogP contribution >= 0.6 is 0 Å². The number of ether oxygens (including phenoxy) is 3. The smallest absolute Gasteiger partial charge is 0.350 e. The first kappa shape index (κ1) is 36.2. The number of amides is 1. The van der Waals surface area contributed by atoms with Gasteiger partial charge in [-0.05, 0) is 71.1 Å². The van der Waals surface area contributed by atoms with Crippen LogP contribution in [0.2, 0.25) is 0 Å². The Morgan fingerprint density at radius 1 is 0.957 bits per heavy atom.